The van der Waals surface area contributed by atoms with E-state index >= 15 is 0 Å². The average Bonchev–Trinajstić information content (AvgIpc) is 2.90. The number of benzene rings is 1. The molecule has 5 nitrogen and oxygen atoms in total. The van der Waals surface area contributed by atoms with Crippen LogP contribution in [0.5, 0.6) is 5.75 Å². The van der Waals surface area contributed by atoms with E-state index in [-0.39, 0.29) is 5.97 Å². The fourth-order valence-electron chi connectivity index (χ4n) is 3.31. The van der Waals surface area contributed by atoms with Gasteiger partial charge in [-0.25, -0.2) is 0 Å². The molecule has 0 bridgehead atoms. The first-order valence-corrected chi connectivity index (χ1v) is 9.99. The quantitative estimate of drug-likeness (QED) is 0.404. The van der Waals surface area contributed by atoms with E-state index in [0.717, 1.165) is 43.2 Å². The van der Waals surface area contributed by atoms with Crippen LogP contribution < -0.4 is 10.5 Å². The normalized spacial score (nSPS) is 19.6. The highest BCUT2D eigenvalue weighted by Crippen LogP contribution is 2.17. The van der Waals surface area contributed by atoms with E-state index < -0.39 is 6.04 Å². The number of carbonyl (C=O) groups is 1. The largest absolute Gasteiger partial charge is 0.497 e. The lowest BCUT2D eigenvalue weighted by atomic mass is 10.1. The van der Waals surface area contributed by atoms with Crippen LogP contribution in [-0.4, -0.2) is 56.1 Å². The number of carbonyl (C=O) groups excluding carboxylic acids is 1. The Morgan fingerprint density at radius 3 is 2.81 bits per heavy atom. The van der Waals surface area contributed by atoms with Crippen LogP contribution in [0.3, 0.4) is 0 Å². The molecule has 0 aliphatic carbocycles. The molecule has 1 fully saturated rings. The van der Waals surface area contributed by atoms with Crippen LogP contribution in [0, 0.1) is 5.92 Å². The SMILES string of the molecule is COc1ccc(C[C@H](N)C(=O)OCCCN2CCCCC(CCl)C2)cc1. The van der Waals surface area contributed by atoms with E-state index in [1.807, 2.05) is 24.3 Å². The summed E-state index contributed by atoms with van der Waals surface area (Å²) in [5.41, 5.74) is 6.96. The highest BCUT2D eigenvalue weighted by atomic mass is 35.5. The fourth-order valence-corrected chi connectivity index (χ4v) is 3.56. The molecule has 1 saturated heterocycles. The Labute approximate surface area is 161 Å². The zero-order valence-corrected chi connectivity index (χ0v) is 16.4. The van der Waals surface area contributed by atoms with E-state index in [4.69, 9.17) is 26.8 Å². The van der Waals surface area contributed by atoms with Crippen molar-refractivity contribution in [1.82, 2.24) is 4.90 Å². The Morgan fingerprint density at radius 2 is 2.12 bits per heavy atom. The Bertz CT molecular complexity index is 538. The van der Waals surface area contributed by atoms with Gasteiger partial charge in [0.05, 0.1) is 13.7 Å². The Morgan fingerprint density at radius 1 is 1.35 bits per heavy atom. The number of hydrogen-bond donors (Lipinski definition) is 1. The summed E-state index contributed by atoms with van der Waals surface area (Å²) in [4.78, 5) is 14.5. The maximum Gasteiger partial charge on any atom is 0.323 e. The van der Waals surface area contributed by atoms with Crippen molar-refractivity contribution in [1.29, 1.82) is 0 Å². The molecule has 146 valence electrons. The molecule has 2 N–H and O–H groups in total. The van der Waals surface area contributed by atoms with Crippen molar-refractivity contribution in [3.05, 3.63) is 29.8 Å². The zero-order chi connectivity index (χ0) is 18.8. The van der Waals surface area contributed by atoms with E-state index in [2.05, 4.69) is 4.90 Å². The van der Waals surface area contributed by atoms with Gasteiger partial charge in [0.15, 0.2) is 0 Å². The molecule has 0 aromatic heterocycles. The summed E-state index contributed by atoms with van der Waals surface area (Å²) in [6.07, 6.45) is 4.99. The third-order valence-electron chi connectivity index (χ3n) is 4.85. The Balaban J connectivity index is 1.65. The highest BCUT2D eigenvalue weighted by molar-refractivity contribution is 6.18. The van der Waals surface area contributed by atoms with Crippen molar-refractivity contribution in [3.8, 4) is 5.75 Å². The monoisotopic (exact) mass is 382 g/mol. The molecule has 2 atom stereocenters. The van der Waals surface area contributed by atoms with Gasteiger partial charge in [0.25, 0.3) is 0 Å². The van der Waals surface area contributed by atoms with Crippen LogP contribution in [0.1, 0.15) is 31.2 Å². The molecule has 2 rings (SSSR count). The number of likely N-dealkylation sites (tertiary alicyclic amines) is 1. The second-order valence-electron chi connectivity index (χ2n) is 7.00. The molecule has 1 aliphatic heterocycles. The molecule has 0 radical (unpaired) electrons. The van der Waals surface area contributed by atoms with Gasteiger partial charge in [-0.2, -0.15) is 0 Å². The molecule has 1 aromatic rings. The zero-order valence-electron chi connectivity index (χ0n) is 15.7. The molecule has 1 aliphatic rings. The fraction of sp³-hybridized carbons (Fsp3) is 0.650. The smallest absolute Gasteiger partial charge is 0.323 e. The molecule has 1 unspecified atom stereocenters. The first kappa shape index (κ1) is 21.0. The number of hydrogen-bond acceptors (Lipinski definition) is 5. The first-order chi connectivity index (χ1) is 12.6. The van der Waals surface area contributed by atoms with Gasteiger partial charge in [-0.1, -0.05) is 18.6 Å². The number of alkyl halides is 1. The third-order valence-corrected chi connectivity index (χ3v) is 5.29. The van der Waals surface area contributed by atoms with Crippen molar-refractivity contribution in [3.63, 3.8) is 0 Å². The maximum absolute atomic E-state index is 12.1. The Hall–Kier alpha value is -1.30. The minimum absolute atomic E-state index is 0.338. The molecule has 0 saturated carbocycles. The van der Waals surface area contributed by atoms with Crippen LogP contribution in [0.4, 0.5) is 0 Å². The van der Waals surface area contributed by atoms with Crippen LogP contribution in [0.2, 0.25) is 0 Å². The summed E-state index contributed by atoms with van der Waals surface area (Å²) < 4.78 is 10.5. The van der Waals surface area contributed by atoms with Gasteiger partial charge in [-0.3, -0.25) is 4.79 Å². The van der Waals surface area contributed by atoms with Crippen molar-refractivity contribution >= 4 is 17.6 Å². The molecule has 0 spiro atoms. The summed E-state index contributed by atoms with van der Waals surface area (Å²) >= 11 is 6.02. The molecule has 0 amide bonds. The van der Waals surface area contributed by atoms with Crippen molar-refractivity contribution in [2.75, 3.05) is 39.2 Å². The summed E-state index contributed by atoms with van der Waals surface area (Å²) in [6, 6.07) is 6.92. The molecule has 1 aromatic carbocycles. The summed E-state index contributed by atoms with van der Waals surface area (Å²) in [5.74, 6) is 1.76. The van der Waals surface area contributed by atoms with Crippen molar-refractivity contribution in [2.45, 2.75) is 38.1 Å². The second-order valence-corrected chi connectivity index (χ2v) is 7.31. The molecule has 6 heteroatoms. The summed E-state index contributed by atoms with van der Waals surface area (Å²) in [6.45, 7) is 3.51. The topological polar surface area (TPSA) is 64.8 Å². The van der Waals surface area contributed by atoms with Gasteiger partial charge in [-0.15, -0.1) is 11.6 Å². The molecule has 1 heterocycles. The lowest BCUT2D eigenvalue weighted by Crippen LogP contribution is -2.35. The molecule has 26 heavy (non-hydrogen) atoms. The van der Waals surface area contributed by atoms with Gasteiger partial charge >= 0.3 is 5.97 Å². The van der Waals surface area contributed by atoms with Gasteiger partial charge in [0, 0.05) is 19.0 Å². The molecular formula is C20H31ClN2O3. The predicted octanol–water partition coefficient (Wildman–Crippen LogP) is 2.84. The number of nitrogens with two attached hydrogens (primary N) is 1. The number of rotatable bonds is 9. The Kier molecular flexibility index (Phi) is 9.23. The molecular weight excluding hydrogens is 352 g/mol. The second kappa shape index (κ2) is 11.4. The number of ether oxygens (including phenoxy) is 2. The summed E-state index contributed by atoms with van der Waals surface area (Å²) in [5, 5.41) is 0. The third kappa shape index (κ3) is 7.14. The average molecular weight is 383 g/mol. The van der Waals surface area contributed by atoms with Crippen LogP contribution in [0.25, 0.3) is 0 Å². The van der Waals surface area contributed by atoms with E-state index in [1.165, 1.54) is 19.3 Å². The van der Waals surface area contributed by atoms with Crippen LogP contribution in [0.15, 0.2) is 24.3 Å². The minimum Gasteiger partial charge on any atom is -0.497 e. The van der Waals surface area contributed by atoms with Gasteiger partial charge in [0.2, 0.25) is 0 Å². The van der Waals surface area contributed by atoms with Crippen molar-refractivity contribution < 1.29 is 14.3 Å². The van der Waals surface area contributed by atoms with E-state index in [0.29, 0.717) is 18.9 Å². The van der Waals surface area contributed by atoms with Gasteiger partial charge in [-0.05, 0) is 55.8 Å². The number of esters is 1. The first-order valence-electron chi connectivity index (χ1n) is 9.46. The predicted molar refractivity (Wildman–Crippen MR) is 105 cm³/mol. The number of methoxy groups -OCH3 is 1. The van der Waals surface area contributed by atoms with Gasteiger partial charge in [0.1, 0.15) is 11.8 Å². The van der Waals surface area contributed by atoms with E-state index in [9.17, 15) is 4.79 Å². The van der Waals surface area contributed by atoms with Crippen molar-refractivity contribution in [2.24, 2.45) is 11.7 Å². The minimum atomic E-state index is -0.637. The maximum atomic E-state index is 12.1. The lowest BCUT2D eigenvalue weighted by molar-refractivity contribution is -0.145. The van der Waals surface area contributed by atoms with E-state index in [1.54, 1.807) is 7.11 Å². The number of nitrogens with zero attached hydrogens (tertiary/aromatic N) is 1. The van der Waals surface area contributed by atoms with Gasteiger partial charge < -0.3 is 20.1 Å². The highest BCUT2D eigenvalue weighted by Gasteiger charge is 2.18. The number of halogens is 1. The van der Waals surface area contributed by atoms with Crippen LogP contribution in [-0.2, 0) is 16.0 Å². The standard InChI is InChI=1S/C20H31ClN2O3/c1-25-18-8-6-16(7-9-18)13-19(22)20(24)26-12-4-11-23-10-3-2-5-17(14-21)15-23/h6-9,17,19H,2-5,10-15,22H2,1H3/t17?,19-/m0/s1. The summed E-state index contributed by atoms with van der Waals surface area (Å²) in [7, 11) is 1.62. The lowest BCUT2D eigenvalue weighted by Gasteiger charge is -2.23. The van der Waals surface area contributed by atoms with Crippen LogP contribution >= 0.6 is 11.6 Å².